The fourth-order valence-electron chi connectivity index (χ4n) is 4.85. The lowest BCUT2D eigenvalue weighted by molar-refractivity contribution is -0.132. The van der Waals surface area contributed by atoms with E-state index in [4.69, 9.17) is 0 Å². The first-order valence-corrected chi connectivity index (χ1v) is 9.98. The minimum absolute atomic E-state index is 0.0522. The number of phenols is 1. The zero-order valence-electron chi connectivity index (χ0n) is 16.3. The summed E-state index contributed by atoms with van der Waals surface area (Å²) < 4.78 is 0. The highest BCUT2D eigenvalue weighted by Crippen LogP contribution is 2.54. The first-order valence-electron chi connectivity index (χ1n) is 9.98. The summed E-state index contributed by atoms with van der Waals surface area (Å²) in [5.41, 5.74) is 2.58. The number of hydrogen-bond donors (Lipinski definition) is 2. The maximum absolute atomic E-state index is 13.4. The second-order valence-electron chi connectivity index (χ2n) is 7.84. The SMILES string of the molecule is O=C(Cc1ccc(O)cc1)N1CCC2(C(=O)Nc3ccccc32)C1c1cccnc1. The lowest BCUT2D eigenvalue weighted by Crippen LogP contribution is -2.43. The Morgan fingerprint density at radius 3 is 2.70 bits per heavy atom. The molecule has 2 aromatic carbocycles. The molecule has 150 valence electrons. The summed E-state index contributed by atoms with van der Waals surface area (Å²) in [6, 6.07) is 17.7. The van der Waals surface area contributed by atoms with Crippen molar-refractivity contribution in [3.05, 3.63) is 89.7 Å². The standard InChI is InChI=1S/C24H21N3O3/c28-18-9-7-16(8-10-18)14-21(29)27-13-11-24(22(27)17-4-3-12-25-15-17)19-5-1-2-6-20(19)26-23(24)30/h1-10,12,15,22,28H,11,13-14H2,(H,26,30). The predicted octanol–water partition coefficient (Wildman–Crippen LogP) is 3.19. The summed E-state index contributed by atoms with van der Waals surface area (Å²) in [5.74, 6) is 0.0416. The molecule has 2 N–H and O–H groups in total. The van der Waals surface area contributed by atoms with E-state index in [1.807, 2.05) is 41.3 Å². The van der Waals surface area contributed by atoms with Gasteiger partial charge in [0.2, 0.25) is 11.8 Å². The number of aromatic nitrogens is 1. The number of nitrogens with zero attached hydrogens (tertiary/aromatic N) is 2. The van der Waals surface area contributed by atoms with E-state index in [9.17, 15) is 14.7 Å². The number of aromatic hydroxyl groups is 1. The minimum atomic E-state index is -0.829. The fraction of sp³-hybridized carbons (Fsp3) is 0.208. The van der Waals surface area contributed by atoms with Crippen LogP contribution in [0.2, 0.25) is 0 Å². The highest BCUT2D eigenvalue weighted by atomic mass is 16.3. The van der Waals surface area contributed by atoms with Crippen molar-refractivity contribution in [3.8, 4) is 5.75 Å². The van der Waals surface area contributed by atoms with Crippen molar-refractivity contribution < 1.29 is 14.7 Å². The van der Waals surface area contributed by atoms with Crippen molar-refractivity contribution in [1.82, 2.24) is 9.88 Å². The molecule has 2 atom stereocenters. The summed E-state index contributed by atoms with van der Waals surface area (Å²) in [6.45, 7) is 0.484. The van der Waals surface area contributed by atoms with Crippen LogP contribution in [-0.4, -0.2) is 33.3 Å². The average Bonchev–Trinajstić information content (AvgIpc) is 3.30. The molecule has 3 heterocycles. The number of anilines is 1. The number of benzene rings is 2. The average molecular weight is 399 g/mol. The molecule has 0 saturated carbocycles. The van der Waals surface area contributed by atoms with Crippen LogP contribution >= 0.6 is 0 Å². The molecule has 1 fully saturated rings. The number of carbonyl (C=O) groups is 2. The van der Waals surface area contributed by atoms with Gasteiger partial charge in [0.1, 0.15) is 11.2 Å². The van der Waals surface area contributed by atoms with E-state index in [-0.39, 0.29) is 24.0 Å². The summed E-state index contributed by atoms with van der Waals surface area (Å²) in [4.78, 5) is 32.7. The van der Waals surface area contributed by atoms with Gasteiger partial charge in [-0.3, -0.25) is 14.6 Å². The largest absolute Gasteiger partial charge is 0.508 e. The Hall–Kier alpha value is -3.67. The summed E-state index contributed by atoms with van der Waals surface area (Å²) in [6.07, 6.45) is 4.19. The monoisotopic (exact) mass is 399 g/mol. The van der Waals surface area contributed by atoms with Crippen LogP contribution in [-0.2, 0) is 21.4 Å². The number of para-hydroxylation sites is 1. The number of hydrogen-bond acceptors (Lipinski definition) is 4. The molecule has 5 rings (SSSR count). The van der Waals surface area contributed by atoms with Crippen LogP contribution in [0.25, 0.3) is 0 Å². The Morgan fingerprint density at radius 1 is 1.13 bits per heavy atom. The molecule has 6 nitrogen and oxygen atoms in total. The quantitative estimate of drug-likeness (QED) is 0.709. The third-order valence-corrected chi connectivity index (χ3v) is 6.20. The normalized spacial score (nSPS) is 22.2. The number of phenolic OH excluding ortho intramolecular Hbond substituents is 1. The van der Waals surface area contributed by atoms with Crippen molar-refractivity contribution >= 4 is 17.5 Å². The number of likely N-dealkylation sites (tertiary alicyclic amines) is 1. The summed E-state index contributed by atoms with van der Waals surface area (Å²) in [7, 11) is 0. The first-order chi connectivity index (χ1) is 14.6. The van der Waals surface area contributed by atoms with Crippen LogP contribution in [0.4, 0.5) is 5.69 Å². The van der Waals surface area contributed by atoms with E-state index >= 15 is 0 Å². The number of pyridine rings is 1. The Morgan fingerprint density at radius 2 is 1.93 bits per heavy atom. The Bertz CT molecular complexity index is 1110. The molecule has 1 saturated heterocycles. The van der Waals surface area contributed by atoms with E-state index in [0.29, 0.717) is 13.0 Å². The van der Waals surface area contributed by atoms with Gasteiger partial charge in [-0.25, -0.2) is 0 Å². The van der Waals surface area contributed by atoms with Gasteiger partial charge in [0, 0.05) is 24.6 Å². The molecule has 6 heteroatoms. The Kier molecular flexibility index (Phi) is 4.28. The lowest BCUT2D eigenvalue weighted by atomic mass is 9.73. The van der Waals surface area contributed by atoms with Crippen LogP contribution in [0.1, 0.15) is 29.2 Å². The van der Waals surface area contributed by atoms with Crippen molar-refractivity contribution in [2.45, 2.75) is 24.3 Å². The first kappa shape index (κ1) is 18.4. The van der Waals surface area contributed by atoms with Crippen LogP contribution < -0.4 is 5.32 Å². The van der Waals surface area contributed by atoms with Crippen molar-refractivity contribution in [1.29, 1.82) is 0 Å². The van der Waals surface area contributed by atoms with E-state index in [1.54, 1.807) is 36.7 Å². The number of amides is 2. The van der Waals surface area contributed by atoms with Crippen LogP contribution in [0.3, 0.4) is 0 Å². The molecule has 0 bridgehead atoms. The Balaban J connectivity index is 1.57. The van der Waals surface area contributed by atoms with Gasteiger partial charge in [0.15, 0.2) is 0 Å². The van der Waals surface area contributed by atoms with E-state index in [1.165, 1.54) is 0 Å². The maximum atomic E-state index is 13.4. The molecule has 0 aliphatic carbocycles. The van der Waals surface area contributed by atoms with Crippen LogP contribution in [0.5, 0.6) is 5.75 Å². The molecule has 0 radical (unpaired) electrons. The molecule has 1 aromatic heterocycles. The van der Waals surface area contributed by atoms with Gasteiger partial charge in [-0.15, -0.1) is 0 Å². The summed E-state index contributed by atoms with van der Waals surface area (Å²) >= 11 is 0. The van der Waals surface area contributed by atoms with Crippen LogP contribution in [0, 0.1) is 0 Å². The zero-order valence-corrected chi connectivity index (χ0v) is 16.3. The van der Waals surface area contributed by atoms with Gasteiger partial charge in [-0.05, 0) is 47.4 Å². The molecular weight excluding hydrogens is 378 g/mol. The van der Waals surface area contributed by atoms with E-state index in [2.05, 4.69) is 10.3 Å². The van der Waals surface area contributed by atoms with Crippen molar-refractivity contribution in [3.63, 3.8) is 0 Å². The smallest absolute Gasteiger partial charge is 0.237 e. The van der Waals surface area contributed by atoms with Crippen molar-refractivity contribution in [2.24, 2.45) is 0 Å². The number of carbonyl (C=O) groups excluding carboxylic acids is 2. The van der Waals surface area contributed by atoms with E-state index in [0.717, 1.165) is 22.4 Å². The van der Waals surface area contributed by atoms with Gasteiger partial charge in [-0.2, -0.15) is 0 Å². The number of nitrogens with one attached hydrogen (secondary N) is 1. The van der Waals surface area contributed by atoms with Crippen molar-refractivity contribution in [2.75, 3.05) is 11.9 Å². The number of fused-ring (bicyclic) bond motifs is 2. The molecule has 2 amide bonds. The minimum Gasteiger partial charge on any atom is -0.508 e. The number of rotatable bonds is 3. The highest BCUT2D eigenvalue weighted by molar-refractivity contribution is 6.07. The highest BCUT2D eigenvalue weighted by Gasteiger charge is 2.59. The second-order valence-corrected chi connectivity index (χ2v) is 7.84. The topological polar surface area (TPSA) is 82.5 Å². The second kappa shape index (κ2) is 6.99. The van der Waals surface area contributed by atoms with Gasteiger partial charge < -0.3 is 15.3 Å². The molecule has 2 unspecified atom stereocenters. The predicted molar refractivity (Wildman–Crippen MR) is 112 cm³/mol. The maximum Gasteiger partial charge on any atom is 0.237 e. The molecule has 2 aliphatic heterocycles. The van der Waals surface area contributed by atoms with Crippen LogP contribution in [0.15, 0.2) is 73.1 Å². The molecular formula is C24H21N3O3. The Labute approximate surface area is 174 Å². The zero-order chi connectivity index (χ0) is 20.7. The lowest BCUT2D eigenvalue weighted by Gasteiger charge is -2.34. The molecule has 1 spiro atoms. The van der Waals surface area contributed by atoms with Gasteiger partial charge >= 0.3 is 0 Å². The third kappa shape index (κ3) is 2.76. The molecule has 3 aromatic rings. The molecule has 2 aliphatic rings. The van der Waals surface area contributed by atoms with Gasteiger partial charge in [-0.1, -0.05) is 36.4 Å². The third-order valence-electron chi connectivity index (χ3n) is 6.20. The van der Waals surface area contributed by atoms with E-state index < -0.39 is 11.5 Å². The fourth-order valence-corrected chi connectivity index (χ4v) is 4.85. The van der Waals surface area contributed by atoms with Gasteiger partial charge in [0.05, 0.1) is 12.5 Å². The van der Waals surface area contributed by atoms with Gasteiger partial charge in [0.25, 0.3) is 0 Å². The molecule has 30 heavy (non-hydrogen) atoms. The summed E-state index contributed by atoms with van der Waals surface area (Å²) in [5, 5.41) is 12.5.